The predicted molar refractivity (Wildman–Crippen MR) is 120 cm³/mol. The van der Waals surface area contributed by atoms with E-state index in [1.54, 1.807) is 9.13 Å². The summed E-state index contributed by atoms with van der Waals surface area (Å²) in [5, 5.41) is 3.14. The molecule has 1 heterocycles. The Bertz CT molecular complexity index is 1050. The lowest BCUT2D eigenvalue weighted by Crippen LogP contribution is -2.26. The highest BCUT2D eigenvalue weighted by molar-refractivity contribution is 5.92. The van der Waals surface area contributed by atoms with Gasteiger partial charge in [-0.25, -0.2) is 4.79 Å². The van der Waals surface area contributed by atoms with Crippen molar-refractivity contribution in [2.75, 3.05) is 5.32 Å². The highest BCUT2D eigenvalue weighted by Crippen LogP contribution is 2.32. The van der Waals surface area contributed by atoms with Crippen LogP contribution in [-0.4, -0.2) is 15.0 Å². The largest absolute Gasteiger partial charge is 0.329 e. The summed E-state index contributed by atoms with van der Waals surface area (Å²) in [7, 11) is 0. The van der Waals surface area contributed by atoms with Crippen molar-refractivity contribution in [2.24, 2.45) is 0 Å². The van der Waals surface area contributed by atoms with Gasteiger partial charge in [0.25, 0.3) is 0 Å². The lowest BCUT2D eigenvalue weighted by Gasteiger charge is -2.20. The zero-order valence-corrected chi connectivity index (χ0v) is 18.0. The summed E-state index contributed by atoms with van der Waals surface area (Å²) in [6.07, 6.45) is 0.252. The summed E-state index contributed by atoms with van der Waals surface area (Å²) in [5.74, 6) is 0.559. The SMILES string of the molecule is CCn1c(=O)n(CCC(=O)Nc2c(C(C)C)cccc2C(C)C)c2ccccc21. The van der Waals surface area contributed by atoms with Crippen molar-refractivity contribution in [3.63, 3.8) is 0 Å². The molecule has 1 aromatic heterocycles. The second kappa shape index (κ2) is 8.68. The third-order valence-electron chi connectivity index (χ3n) is 5.44. The summed E-state index contributed by atoms with van der Waals surface area (Å²) in [6, 6.07) is 13.9. The number of carbonyl (C=O) groups excluding carboxylic acids is 1. The first-order valence-corrected chi connectivity index (χ1v) is 10.5. The molecule has 3 rings (SSSR count). The monoisotopic (exact) mass is 393 g/mol. The van der Waals surface area contributed by atoms with E-state index in [-0.39, 0.29) is 18.0 Å². The van der Waals surface area contributed by atoms with E-state index in [1.165, 1.54) is 0 Å². The quantitative estimate of drug-likeness (QED) is 0.607. The number of rotatable bonds is 7. The summed E-state index contributed by atoms with van der Waals surface area (Å²) in [6.45, 7) is 11.5. The molecule has 0 aliphatic heterocycles. The van der Waals surface area contributed by atoms with Crippen molar-refractivity contribution in [3.8, 4) is 0 Å². The molecule has 0 saturated carbocycles. The molecular weight excluding hydrogens is 362 g/mol. The van der Waals surface area contributed by atoms with Gasteiger partial charge in [-0.05, 0) is 42.0 Å². The van der Waals surface area contributed by atoms with Gasteiger partial charge in [-0.15, -0.1) is 0 Å². The lowest BCUT2D eigenvalue weighted by molar-refractivity contribution is -0.116. The van der Waals surface area contributed by atoms with Crippen LogP contribution in [0, 0.1) is 0 Å². The molecule has 1 N–H and O–H groups in total. The maximum Gasteiger partial charge on any atom is 0.329 e. The zero-order valence-electron chi connectivity index (χ0n) is 18.0. The Morgan fingerprint density at radius 1 is 0.897 bits per heavy atom. The number of fused-ring (bicyclic) bond motifs is 1. The van der Waals surface area contributed by atoms with Crippen LogP contribution in [0.5, 0.6) is 0 Å². The fraction of sp³-hybridized carbons (Fsp3) is 0.417. The number of imidazole rings is 1. The Labute approximate surface area is 172 Å². The topological polar surface area (TPSA) is 56.0 Å². The highest BCUT2D eigenvalue weighted by atomic mass is 16.2. The van der Waals surface area contributed by atoms with Gasteiger partial charge in [0.2, 0.25) is 5.91 Å². The van der Waals surface area contributed by atoms with Crippen molar-refractivity contribution < 1.29 is 4.79 Å². The number of carbonyl (C=O) groups is 1. The first-order valence-electron chi connectivity index (χ1n) is 10.5. The van der Waals surface area contributed by atoms with Gasteiger partial charge in [-0.2, -0.15) is 0 Å². The van der Waals surface area contributed by atoms with Crippen molar-refractivity contribution in [3.05, 3.63) is 64.1 Å². The number of aryl methyl sites for hydroxylation is 2. The average Bonchev–Trinajstić information content (AvgIpc) is 2.96. The lowest BCUT2D eigenvalue weighted by atomic mass is 9.92. The van der Waals surface area contributed by atoms with E-state index in [4.69, 9.17) is 0 Å². The molecule has 0 spiro atoms. The predicted octanol–water partition coefficient (Wildman–Crippen LogP) is 5.10. The fourth-order valence-electron chi connectivity index (χ4n) is 3.90. The Hall–Kier alpha value is -2.82. The van der Waals surface area contributed by atoms with Crippen molar-refractivity contribution in [2.45, 2.75) is 66.0 Å². The Morgan fingerprint density at radius 2 is 1.45 bits per heavy atom. The molecule has 0 aliphatic carbocycles. The van der Waals surface area contributed by atoms with E-state index in [2.05, 4.69) is 51.2 Å². The number of nitrogens with one attached hydrogen (secondary N) is 1. The minimum absolute atomic E-state index is 0.0630. The molecule has 0 aliphatic rings. The van der Waals surface area contributed by atoms with E-state index in [0.717, 1.165) is 27.8 Å². The van der Waals surface area contributed by atoms with Crippen LogP contribution < -0.4 is 11.0 Å². The van der Waals surface area contributed by atoms with Crippen LogP contribution in [0.3, 0.4) is 0 Å². The minimum Gasteiger partial charge on any atom is -0.326 e. The van der Waals surface area contributed by atoms with Crippen molar-refractivity contribution in [1.29, 1.82) is 0 Å². The molecule has 29 heavy (non-hydrogen) atoms. The van der Waals surface area contributed by atoms with Crippen LogP contribution >= 0.6 is 0 Å². The third kappa shape index (κ3) is 4.14. The number of para-hydroxylation sites is 3. The van der Waals surface area contributed by atoms with Gasteiger partial charge in [-0.1, -0.05) is 58.0 Å². The molecule has 3 aromatic rings. The van der Waals surface area contributed by atoms with Gasteiger partial charge in [0.15, 0.2) is 0 Å². The van der Waals surface area contributed by atoms with Gasteiger partial charge in [0.05, 0.1) is 11.0 Å². The third-order valence-corrected chi connectivity index (χ3v) is 5.44. The van der Waals surface area contributed by atoms with Gasteiger partial charge in [0.1, 0.15) is 0 Å². The number of benzene rings is 2. The van der Waals surface area contributed by atoms with Crippen LogP contribution in [0.1, 0.15) is 64.0 Å². The standard InChI is InChI=1S/C24H31N3O2/c1-6-26-20-12-7-8-13-21(20)27(24(26)29)15-14-22(28)25-23-18(16(2)3)10-9-11-19(23)17(4)5/h7-13,16-17H,6,14-15H2,1-5H3,(H,25,28). The van der Waals surface area contributed by atoms with Crippen LogP contribution in [0.25, 0.3) is 11.0 Å². The van der Waals surface area contributed by atoms with Crippen molar-refractivity contribution >= 4 is 22.6 Å². The second-order valence-corrected chi connectivity index (χ2v) is 8.09. The molecule has 0 atom stereocenters. The molecule has 0 bridgehead atoms. The van der Waals surface area contributed by atoms with E-state index < -0.39 is 0 Å². The average molecular weight is 394 g/mol. The molecule has 154 valence electrons. The molecular formula is C24H31N3O2. The van der Waals surface area contributed by atoms with Crippen molar-refractivity contribution in [1.82, 2.24) is 9.13 Å². The summed E-state index contributed by atoms with van der Waals surface area (Å²) < 4.78 is 3.45. The maximum absolute atomic E-state index is 12.8. The summed E-state index contributed by atoms with van der Waals surface area (Å²) >= 11 is 0. The number of amides is 1. The van der Waals surface area contributed by atoms with Gasteiger partial charge >= 0.3 is 5.69 Å². The molecule has 1 amide bonds. The molecule has 0 unspecified atom stereocenters. The Kier molecular flexibility index (Phi) is 6.26. The van der Waals surface area contributed by atoms with Crippen LogP contribution in [0.2, 0.25) is 0 Å². The van der Waals surface area contributed by atoms with Gasteiger partial charge < -0.3 is 5.32 Å². The Balaban J connectivity index is 1.85. The summed E-state index contributed by atoms with van der Waals surface area (Å²) in [5.41, 5.74) is 4.93. The maximum atomic E-state index is 12.8. The number of nitrogens with zero attached hydrogens (tertiary/aromatic N) is 2. The Morgan fingerprint density at radius 3 is 1.97 bits per heavy atom. The number of hydrogen-bond acceptors (Lipinski definition) is 2. The zero-order chi connectivity index (χ0) is 21.1. The normalized spacial score (nSPS) is 11.6. The van der Waals surface area contributed by atoms with Gasteiger partial charge in [-0.3, -0.25) is 13.9 Å². The van der Waals surface area contributed by atoms with E-state index in [1.807, 2.05) is 31.2 Å². The van der Waals surface area contributed by atoms with E-state index in [0.29, 0.717) is 24.9 Å². The number of anilines is 1. The molecule has 5 nitrogen and oxygen atoms in total. The van der Waals surface area contributed by atoms with Crippen LogP contribution in [0.15, 0.2) is 47.3 Å². The number of aromatic nitrogens is 2. The molecule has 0 fully saturated rings. The van der Waals surface area contributed by atoms with E-state index in [9.17, 15) is 9.59 Å². The fourth-order valence-corrected chi connectivity index (χ4v) is 3.90. The highest BCUT2D eigenvalue weighted by Gasteiger charge is 2.17. The summed E-state index contributed by atoms with van der Waals surface area (Å²) in [4.78, 5) is 25.6. The van der Waals surface area contributed by atoms with Crippen LogP contribution in [-0.2, 0) is 17.9 Å². The first-order chi connectivity index (χ1) is 13.8. The molecule has 0 saturated heterocycles. The molecule has 5 heteroatoms. The molecule has 0 radical (unpaired) electrons. The smallest absolute Gasteiger partial charge is 0.326 e. The number of hydrogen-bond donors (Lipinski definition) is 1. The minimum atomic E-state index is -0.0692. The second-order valence-electron chi connectivity index (χ2n) is 8.09. The first kappa shape index (κ1) is 20.9. The van der Waals surface area contributed by atoms with Gasteiger partial charge in [0, 0.05) is 25.2 Å². The van der Waals surface area contributed by atoms with Crippen LogP contribution in [0.4, 0.5) is 5.69 Å². The van der Waals surface area contributed by atoms with E-state index >= 15 is 0 Å². The molecule has 2 aromatic carbocycles.